The van der Waals surface area contributed by atoms with Crippen LogP contribution in [0.3, 0.4) is 0 Å². The van der Waals surface area contributed by atoms with Crippen LogP contribution in [0.5, 0.6) is 5.75 Å². The van der Waals surface area contributed by atoms with E-state index in [0.717, 1.165) is 23.3 Å². The Morgan fingerprint density at radius 2 is 2.04 bits per heavy atom. The van der Waals surface area contributed by atoms with Gasteiger partial charge in [0.2, 0.25) is 0 Å². The highest BCUT2D eigenvalue weighted by molar-refractivity contribution is 7.90. The molecule has 1 aliphatic heterocycles. The number of hydrogen-bond acceptors (Lipinski definition) is 6. The van der Waals surface area contributed by atoms with E-state index in [4.69, 9.17) is 4.74 Å². The molecule has 2 aromatic carbocycles. The number of ether oxygens (including phenoxy) is 1. The summed E-state index contributed by atoms with van der Waals surface area (Å²) >= 11 is 0. The highest BCUT2D eigenvalue weighted by Crippen LogP contribution is 2.37. The summed E-state index contributed by atoms with van der Waals surface area (Å²) in [5.41, 5.74) is 2.88. The van der Waals surface area contributed by atoms with Crippen LogP contribution in [-0.4, -0.2) is 31.2 Å². The van der Waals surface area contributed by atoms with Crippen LogP contribution in [0.25, 0.3) is 10.9 Å². The molecule has 1 atom stereocenters. The van der Waals surface area contributed by atoms with Crippen molar-refractivity contribution in [2.75, 3.05) is 18.2 Å². The van der Waals surface area contributed by atoms with Crippen LogP contribution in [0.15, 0.2) is 47.6 Å². The molecular formula is C19H19N3O3S. The summed E-state index contributed by atoms with van der Waals surface area (Å²) in [7, 11) is -3.30. The SMILES string of the molecule is Cc1cccc2c1OCC[C@H]2Nc1ncnc2ccc(S(C)(=O)=O)cc12. The number of fused-ring (bicyclic) bond motifs is 2. The molecule has 6 nitrogen and oxygen atoms in total. The van der Waals surface area contributed by atoms with Crippen LogP contribution in [-0.2, 0) is 9.84 Å². The van der Waals surface area contributed by atoms with E-state index in [0.29, 0.717) is 23.3 Å². The van der Waals surface area contributed by atoms with E-state index in [-0.39, 0.29) is 10.9 Å². The van der Waals surface area contributed by atoms with E-state index >= 15 is 0 Å². The molecule has 0 amide bonds. The maximum Gasteiger partial charge on any atom is 0.175 e. The van der Waals surface area contributed by atoms with Gasteiger partial charge in [-0.2, -0.15) is 0 Å². The molecule has 0 saturated carbocycles. The molecule has 0 spiro atoms. The van der Waals surface area contributed by atoms with Gasteiger partial charge in [-0.1, -0.05) is 18.2 Å². The number of hydrogen-bond donors (Lipinski definition) is 1. The molecule has 0 aliphatic carbocycles. The minimum Gasteiger partial charge on any atom is -0.493 e. The maximum absolute atomic E-state index is 11.9. The average molecular weight is 369 g/mol. The monoisotopic (exact) mass is 369 g/mol. The normalized spacial score (nSPS) is 16.8. The molecule has 0 fully saturated rings. The smallest absolute Gasteiger partial charge is 0.175 e. The highest BCUT2D eigenvalue weighted by Gasteiger charge is 2.23. The summed E-state index contributed by atoms with van der Waals surface area (Å²) in [6.07, 6.45) is 3.48. The number of nitrogens with one attached hydrogen (secondary N) is 1. The molecule has 0 saturated heterocycles. The molecule has 0 bridgehead atoms. The molecular weight excluding hydrogens is 350 g/mol. The zero-order valence-corrected chi connectivity index (χ0v) is 15.4. The van der Waals surface area contributed by atoms with Crippen molar-refractivity contribution in [3.05, 3.63) is 53.9 Å². The number of nitrogens with zero attached hydrogens (tertiary/aromatic N) is 2. The fourth-order valence-electron chi connectivity index (χ4n) is 3.28. The van der Waals surface area contributed by atoms with E-state index in [9.17, 15) is 8.42 Å². The van der Waals surface area contributed by atoms with Crippen molar-refractivity contribution in [2.45, 2.75) is 24.3 Å². The summed E-state index contributed by atoms with van der Waals surface area (Å²) < 4.78 is 29.6. The summed E-state index contributed by atoms with van der Waals surface area (Å²) in [6.45, 7) is 2.65. The molecule has 1 N–H and O–H groups in total. The van der Waals surface area contributed by atoms with Crippen molar-refractivity contribution in [1.82, 2.24) is 9.97 Å². The molecule has 7 heteroatoms. The van der Waals surface area contributed by atoms with E-state index in [1.165, 1.54) is 12.6 Å². The second-order valence-corrected chi connectivity index (χ2v) is 8.52. The minimum atomic E-state index is -3.30. The molecule has 0 radical (unpaired) electrons. The highest BCUT2D eigenvalue weighted by atomic mass is 32.2. The van der Waals surface area contributed by atoms with Crippen molar-refractivity contribution >= 4 is 26.6 Å². The zero-order valence-electron chi connectivity index (χ0n) is 14.6. The largest absolute Gasteiger partial charge is 0.493 e. The number of benzene rings is 2. The molecule has 1 aromatic heterocycles. The molecule has 2 heterocycles. The summed E-state index contributed by atoms with van der Waals surface area (Å²) in [5.74, 6) is 1.53. The molecule has 3 aromatic rings. The number of para-hydroxylation sites is 1. The number of anilines is 1. The zero-order chi connectivity index (χ0) is 18.3. The second kappa shape index (κ2) is 6.25. The topological polar surface area (TPSA) is 81.2 Å². The van der Waals surface area contributed by atoms with Crippen molar-refractivity contribution in [3.8, 4) is 5.75 Å². The van der Waals surface area contributed by atoms with Crippen molar-refractivity contribution in [2.24, 2.45) is 0 Å². The molecule has 26 heavy (non-hydrogen) atoms. The van der Waals surface area contributed by atoms with Crippen LogP contribution < -0.4 is 10.1 Å². The van der Waals surface area contributed by atoms with Gasteiger partial charge in [-0.25, -0.2) is 18.4 Å². The van der Waals surface area contributed by atoms with Crippen molar-refractivity contribution in [3.63, 3.8) is 0 Å². The lowest BCUT2D eigenvalue weighted by molar-refractivity contribution is 0.272. The Bertz CT molecular complexity index is 1100. The van der Waals surface area contributed by atoms with Gasteiger partial charge in [0.05, 0.1) is 23.1 Å². The Kier molecular flexibility index (Phi) is 4.03. The predicted molar refractivity (Wildman–Crippen MR) is 100 cm³/mol. The molecule has 4 rings (SSSR count). The molecule has 1 aliphatic rings. The standard InChI is InChI=1S/C19H19N3O3S/c1-12-4-3-5-14-17(8-9-25-18(12)14)22-19-15-10-13(26(2,23)24)6-7-16(15)20-11-21-19/h3-7,10-11,17H,8-9H2,1-2H3,(H,20,21,22)/t17-/m1/s1. The van der Waals surface area contributed by atoms with Crippen molar-refractivity contribution < 1.29 is 13.2 Å². The Morgan fingerprint density at radius 3 is 2.85 bits per heavy atom. The summed E-state index contributed by atoms with van der Waals surface area (Å²) in [5, 5.41) is 4.15. The first-order valence-electron chi connectivity index (χ1n) is 8.37. The lowest BCUT2D eigenvalue weighted by Crippen LogP contribution is -2.21. The van der Waals surface area contributed by atoms with Crippen LogP contribution in [0.2, 0.25) is 0 Å². The predicted octanol–water partition coefficient (Wildman–Crippen LogP) is 3.28. The first-order valence-corrected chi connectivity index (χ1v) is 10.3. The number of sulfone groups is 1. The maximum atomic E-state index is 11.9. The van der Waals surface area contributed by atoms with E-state index in [1.807, 2.05) is 25.1 Å². The number of aryl methyl sites for hydroxylation is 1. The first-order chi connectivity index (χ1) is 12.4. The fourth-order valence-corrected chi connectivity index (χ4v) is 3.92. The third kappa shape index (κ3) is 2.99. The van der Waals surface area contributed by atoms with E-state index in [2.05, 4.69) is 15.3 Å². The van der Waals surface area contributed by atoms with Gasteiger partial charge in [0.1, 0.15) is 17.9 Å². The van der Waals surface area contributed by atoms with Gasteiger partial charge in [0.25, 0.3) is 0 Å². The van der Waals surface area contributed by atoms with Gasteiger partial charge in [-0.15, -0.1) is 0 Å². The van der Waals surface area contributed by atoms with Crippen LogP contribution in [0.4, 0.5) is 5.82 Å². The summed E-state index contributed by atoms with van der Waals surface area (Å²) in [4.78, 5) is 8.86. The van der Waals surface area contributed by atoms with Crippen LogP contribution in [0.1, 0.15) is 23.6 Å². The third-order valence-electron chi connectivity index (χ3n) is 4.62. The second-order valence-electron chi connectivity index (χ2n) is 6.50. The quantitative estimate of drug-likeness (QED) is 0.763. The van der Waals surface area contributed by atoms with Crippen LogP contribution >= 0.6 is 0 Å². The van der Waals surface area contributed by atoms with Gasteiger partial charge in [0, 0.05) is 23.6 Å². The van der Waals surface area contributed by atoms with E-state index in [1.54, 1.807) is 18.2 Å². The minimum absolute atomic E-state index is 0.0404. The Morgan fingerprint density at radius 1 is 1.19 bits per heavy atom. The Hall–Kier alpha value is -2.67. The third-order valence-corrected chi connectivity index (χ3v) is 5.73. The molecule has 134 valence electrons. The van der Waals surface area contributed by atoms with Gasteiger partial charge >= 0.3 is 0 Å². The van der Waals surface area contributed by atoms with Gasteiger partial charge in [-0.3, -0.25) is 0 Å². The first kappa shape index (κ1) is 16.8. The lowest BCUT2D eigenvalue weighted by atomic mass is 9.98. The van der Waals surface area contributed by atoms with E-state index < -0.39 is 9.84 Å². The lowest BCUT2D eigenvalue weighted by Gasteiger charge is -2.28. The van der Waals surface area contributed by atoms with Gasteiger partial charge in [0.15, 0.2) is 9.84 Å². The van der Waals surface area contributed by atoms with Gasteiger partial charge < -0.3 is 10.1 Å². The van der Waals surface area contributed by atoms with Crippen LogP contribution in [0, 0.1) is 6.92 Å². The average Bonchev–Trinajstić information content (AvgIpc) is 2.62. The number of rotatable bonds is 3. The Labute approximate surface area is 152 Å². The molecule has 0 unspecified atom stereocenters. The van der Waals surface area contributed by atoms with Gasteiger partial charge in [-0.05, 0) is 30.7 Å². The summed E-state index contributed by atoms with van der Waals surface area (Å²) in [6, 6.07) is 11.0. The number of aromatic nitrogens is 2. The fraction of sp³-hybridized carbons (Fsp3) is 0.263. The Balaban J connectivity index is 1.78. The van der Waals surface area contributed by atoms with Crippen molar-refractivity contribution in [1.29, 1.82) is 0 Å².